The van der Waals surface area contributed by atoms with Crippen LogP contribution in [0.15, 0.2) is 24.3 Å². The Hall–Kier alpha value is -2.15. The molecule has 0 fully saturated rings. The van der Waals surface area contributed by atoms with E-state index in [-0.39, 0.29) is 17.7 Å². The van der Waals surface area contributed by atoms with Crippen LogP contribution in [-0.4, -0.2) is 11.9 Å². The van der Waals surface area contributed by atoms with E-state index in [1.165, 1.54) is 24.3 Å². The van der Waals surface area contributed by atoms with E-state index in [0.717, 1.165) is 0 Å². The molecule has 7 heteroatoms. The van der Waals surface area contributed by atoms with Crippen molar-refractivity contribution in [1.29, 1.82) is 0 Å². The van der Waals surface area contributed by atoms with Crippen LogP contribution < -0.4 is 32.7 Å². The molecule has 80 valence electrons. The molecule has 0 radical (unpaired) electrons. The minimum atomic E-state index is -0.318. The Morgan fingerprint density at radius 2 is 1.80 bits per heavy atom. The number of hydrogen-bond donors (Lipinski definition) is 6. The molecule has 0 amide bonds. The van der Waals surface area contributed by atoms with Crippen molar-refractivity contribution in [3.63, 3.8) is 0 Å². The van der Waals surface area contributed by atoms with Crippen LogP contribution in [0.2, 0.25) is 0 Å². The molecule has 0 atom stereocenters. The zero-order valence-corrected chi connectivity index (χ0v) is 7.92. The summed E-state index contributed by atoms with van der Waals surface area (Å²) >= 11 is 0. The number of nitrogens with one attached hydrogen (secondary N) is 3. The summed E-state index contributed by atoms with van der Waals surface area (Å²) in [6.07, 6.45) is 0. The average molecular weight is 212 g/mol. The number of benzene rings is 1. The Morgan fingerprint density at radius 1 is 1.20 bits per heavy atom. The van der Waals surface area contributed by atoms with Gasteiger partial charge < -0.3 is 0 Å². The molecule has 0 saturated heterocycles. The molecule has 0 aromatic heterocycles. The minimum absolute atomic E-state index is 0.0992. The van der Waals surface area contributed by atoms with Gasteiger partial charge in [0.2, 0.25) is 0 Å². The van der Waals surface area contributed by atoms with Crippen LogP contribution in [0.5, 0.6) is 0 Å². The fourth-order valence-electron chi connectivity index (χ4n) is 0.901. The molecule has 1 rings (SSSR count). The number of hydrogen-bond acceptors (Lipinski definition) is 1. The monoisotopic (exact) mass is 212 g/mol. The Bertz CT molecular complexity index is 383. The van der Waals surface area contributed by atoms with Gasteiger partial charge in [-0.1, -0.05) is 0 Å². The summed E-state index contributed by atoms with van der Waals surface area (Å²) < 4.78 is 12.6. The molecule has 6 nitrogen and oxygen atoms in total. The number of halogens is 1. The fraction of sp³-hybridized carbons (Fsp3) is 0. The van der Waals surface area contributed by atoms with E-state index >= 15 is 0 Å². The quantitative estimate of drug-likeness (QED) is 0.122. The van der Waals surface area contributed by atoms with Crippen LogP contribution in [-0.2, 0) is 0 Å². The molecule has 0 unspecified atom stereocenters. The summed E-state index contributed by atoms with van der Waals surface area (Å²) in [5, 5.41) is 0. The maximum atomic E-state index is 12.6. The highest BCUT2D eigenvalue weighted by molar-refractivity contribution is 5.76. The smallest absolute Gasteiger partial charge is 0.274 e. The van der Waals surface area contributed by atoms with Crippen molar-refractivity contribution in [3.05, 3.63) is 30.1 Å². The van der Waals surface area contributed by atoms with E-state index in [9.17, 15) is 4.39 Å². The van der Waals surface area contributed by atoms with Crippen LogP contribution in [0.4, 0.5) is 10.1 Å². The predicted octanol–water partition coefficient (Wildman–Crippen LogP) is -4.29. The number of hydrazine groups is 1. The number of nitrogens with two attached hydrogens (primary N) is 3. The van der Waals surface area contributed by atoms with Gasteiger partial charge in [0.1, 0.15) is 11.5 Å². The van der Waals surface area contributed by atoms with Crippen LogP contribution in [0, 0.1) is 5.82 Å². The zero-order valence-electron chi connectivity index (χ0n) is 7.92. The normalized spacial score (nSPS) is 12.7. The maximum Gasteiger partial charge on any atom is 0.403 e. The predicted molar refractivity (Wildman–Crippen MR) is 53.7 cm³/mol. The topological polar surface area (TPSA) is 118 Å². The van der Waals surface area contributed by atoms with Gasteiger partial charge in [-0.25, -0.2) is 9.38 Å². The van der Waals surface area contributed by atoms with Gasteiger partial charge in [0.25, 0.3) is 0 Å². The second-order valence-corrected chi connectivity index (χ2v) is 2.73. The third-order valence-corrected chi connectivity index (χ3v) is 1.55. The first kappa shape index (κ1) is 10.9. The molecule has 0 saturated carbocycles. The second-order valence-electron chi connectivity index (χ2n) is 2.73. The molecule has 0 heterocycles. The minimum Gasteiger partial charge on any atom is -0.274 e. The molecule has 0 bridgehead atoms. The standard InChI is InChI=1S/C8H11FN6/c9-5-1-3-6(4-2-5)13-7(10)14-8(11)15-12/h1-4H,12H2,(H5,10,11,13,14,15)/p+2. The lowest BCUT2D eigenvalue weighted by Crippen LogP contribution is -2.96. The van der Waals surface area contributed by atoms with Gasteiger partial charge in [0.15, 0.2) is 0 Å². The molecule has 15 heavy (non-hydrogen) atoms. The van der Waals surface area contributed by atoms with Crippen LogP contribution >= 0.6 is 0 Å². The van der Waals surface area contributed by atoms with E-state index < -0.39 is 0 Å². The Morgan fingerprint density at radius 3 is 2.33 bits per heavy atom. The van der Waals surface area contributed by atoms with Gasteiger partial charge >= 0.3 is 11.9 Å². The summed E-state index contributed by atoms with van der Waals surface area (Å²) in [5.41, 5.74) is 13.6. The molecule has 1 aromatic carbocycles. The van der Waals surface area contributed by atoms with Crippen LogP contribution in [0.3, 0.4) is 0 Å². The summed E-state index contributed by atoms with van der Waals surface area (Å²) in [6.45, 7) is 0. The zero-order chi connectivity index (χ0) is 11.3. The van der Waals surface area contributed by atoms with Crippen molar-refractivity contribution in [2.75, 3.05) is 0 Å². The fourth-order valence-corrected chi connectivity index (χ4v) is 0.901. The van der Waals surface area contributed by atoms with Crippen molar-refractivity contribution in [2.45, 2.75) is 0 Å². The van der Waals surface area contributed by atoms with Gasteiger partial charge in [-0.2, -0.15) is 16.3 Å². The molecule has 0 aliphatic heterocycles. The number of rotatable bonds is 1. The molecular formula is C8H13FN6+2. The average Bonchev–Trinajstić information content (AvgIpc) is 2.21. The van der Waals surface area contributed by atoms with E-state index in [0.29, 0.717) is 5.69 Å². The highest BCUT2D eigenvalue weighted by Crippen LogP contribution is 2.00. The van der Waals surface area contributed by atoms with Gasteiger partial charge in [0.05, 0.1) is 0 Å². The Balaban J connectivity index is 2.83. The molecule has 0 spiro atoms. The largest absolute Gasteiger partial charge is 0.403 e. The summed E-state index contributed by atoms with van der Waals surface area (Å²) in [6, 6.07) is 5.69. The van der Waals surface area contributed by atoms with Crippen molar-refractivity contribution in [3.8, 4) is 0 Å². The maximum absolute atomic E-state index is 12.6. The third kappa shape index (κ3) is 3.61. The summed E-state index contributed by atoms with van der Waals surface area (Å²) in [5.74, 6) is 4.97. The van der Waals surface area contributed by atoms with Crippen molar-refractivity contribution in [2.24, 2.45) is 17.3 Å². The lowest BCUT2D eigenvalue weighted by molar-refractivity contribution is -0.460. The lowest BCUT2D eigenvalue weighted by Gasteiger charge is -1.91. The second kappa shape index (κ2) is 4.91. The molecule has 0 aliphatic carbocycles. The van der Waals surface area contributed by atoms with Crippen LogP contribution in [0.25, 0.3) is 0 Å². The van der Waals surface area contributed by atoms with E-state index in [1.807, 2.05) is 0 Å². The van der Waals surface area contributed by atoms with Gasteiger partial charge in [-0.15, -0.1) is 0 Å². The van der Waals surface area contributed by atoms with E-state index in [4.69, 9.17) is 17.3 Å². The van der Waals surface area contributed by atoms with Gasteiger partial charge in [0, 0.05) is 0 Å². The Labute approximate surface area is 85.7 Å². The highest BCUT2D eigenvalue weighted by atomic mass is 19.1. The lowest BCUT2D eigenvalue weighted by atomic mass is 10.3. The van der Waals surface area contributed by atoms with E-state index in [1.54, 1.807) is 0 Å². The van der Waals surface area contributed by atoms with Crippen molar-refractivity contribution >= 4 is 17.6 Å². The van der Waals surface area contributed by atoms with Crippen molar-refractivity contribution in [1.82, 2.24) is 5.43 Å². The third-order valence-electron chi connectivity index (χ3n) is 1.55. The molecule has 0 aliphatic rings. The van der Waals surface area contributed by atoms with Gasteiger partial charge in [-0.05, 0) is 24.3 Å². The van der Waals surface area contributed by atoms with Crippen LogP contribution in [0.1, 0.15) is 0 Å². The first-order valence-electron chi connectivity index (χ1n) is 4.13. The molecule has 1 aromatic rings. The molecule has 9 N–H and O–H groups in total. The number of guanidine groups is 2. The SMILES string of the molecule is NNC(N)=[NH+]C(N)=[NH+]c1ccc(F)cc1. The first-order chi connectivity index (χ1) is 7.11. The highest BCUT2D eigenvalue weighted by Gasteiger charge is 2.01. The van der Waals surface area contributed by atoms with Crippen molar-refractivity contribution < 1.29 is 14.4 Å². The summed E-state index contributed by atoms with van der Waals surface area (Å²) in [4.78, 5) is 5.30. The van der Waals surface area contributed by atoms with Gasteiger partial charge in [-0.3, -0.25) is 11.5 Å². The molecular weight excluding hydrogens is 199 g/mol. The first-order valence-corrected chi connectivity index (χ1v) is 4.13. The Kier molecular flexibility index (Phi) is 3.58. The summed E-state index contributed by atoms with van der Waals surface area (Å²) in [7, 11) is 0. The van der Waals surface area contributed by atoms with E-state index in [2.05, 4.69) is 15.4 Å².